The minimum absolute atomic E-state index is 0.363. The molecule has 0 saturated carbocycles. The van der Waals surface area contributed by atoms with E-state index >= 15 is 0 Å². The number of alkyl halides is 1. The number of methoxy groups -OCH3 is 1. The summed E-state index contributed by atoms with van der Waals surface area (Å²) >= 11 is 0. The van der Waals surface area contributed by atoms with Crippen molar-refractivity contribution < 1.29 is 9.13 Å². The van der Waals surface area contributed by atoms with Crippen LogP contribution in [0.1, 0.15) is 19.8 Å². The summed E-state index contributed by atoms with van der Waals surface area (Å²) in [4.78, 5) is 0. The van der Waals surface area contributed by atoms with Crippen molar-refractivity contribution in [2.24, 2.45) is 0 Å². The fourth-order valence-electron chi connectivity index (χ4n) is 1.21. The van der Waals surface area contributed by atoms with Crippen molar-refractivity contribution in [2.75, 3.05) is 7.11 Å². The van der Waals surface area contributed by atoms with E-state index in [2.05, 4.69) is 0 Å². The van der Waals surface area contributed by atoms with Crippen molar-refractivity contribution in [1.82, 2.24) is 0 Å². The van der Waals surface area contributed by atoms with Crippen molar-refractivity contribution in [3.8, 4) is 0 Å². The molecule has 1 aliphatic rings. The molecule has 0 heterocycles. The third-order valence-corrected chi connectivity index (χ3v) is 1.96. The van der Waals surface area contributed by atoms with E-state index in [0.717, 1.165) is 0 Å². The van der Waals surface area contributed by atoms with Gasteiger partial charge in [-0.3, -0.25) is 0 Å². The van der Waals surface area contributed by atoms with Crippen LogP contribution >= 0.6 is 0 Å². The first kappa shape index (κ1) is 7.73. The third kappa shape index (κ3) is 1.57. The van der Waals surface area contributed by atoms with E-state index in [-0.39, 0.29) is 5.60 Å². The van der Waals surface area contributed by atoms with Crippen LogP contribution in [-0.4, -0.2) is 18.9 Å². The van der Waals surface area contributed by atoms with Gasteiger partial charge in [-0.2, -0.15) is 0 Å². The van der Waals surface area contributed by atoms with Crippen LogP contribution < -0.4 is 0 Å². The maximum Gasteiger partial charge on any atom is 0.107 e. The minimum Gasteiger partial charge on any atom is -0.374 e. The lowest BCUT2D eigenvalue weighted by atomic mass is 9.92. The zero-order chi connectivity index (χ0) is 7.61. The summed E-state index contributed by atoms with van der Waals surface area (Å²) in [5, 5.41) is 0. The monoisotopic (exact) mass is 144 g/mol. The summed E-state index contributed by atoms with van der Waals surface area (Å²) in [6, 6.07) is 0. The Kier molecular flexibility index (Phi) is 2.09. The third-order valence-electron chi connectivity index (χ3n) is 1.96. The van der Waals surface area contributed by atoms with E-state index in [9.17, 15) is 4.39 Å². The molecule has 0 aliphatic heterocycles. The number of rotatable bonds is 1. The average Bonchev–Trinajstić information content (AvgIpc) is 1.88. The molecule has 1 aliphatic carbocycles. The summed E-state index contributed by atoms with van der Waals surface area (Å²) in [6.45, 7) is 1.90. The first-order valence-corrected chi connectivity index (χ1v) is 3.53. The van der Waals surface area contributed by atoms with Crippen molar-refractivity contribution in [3.63, 3.8) is 0 Å². The van der Waals surface area contributed by atoms with Crippen LogP contribution in [0, 0.1) is 0 Å². The number of allylic oxidation sites excluding steroid dienone is 1. The highest BCUT2D eigenvalue weighted by molar-refractivity contribution is 5.06. The van der Waals surface area contributed by atoms with Gasteiger partial charge in [0.05, 0.1) is 5.60 Å². The number of halogens is 1. The molecule has 58 valence electrons. The fraction of sp³-hybridized carbons (Fsp3) is 0.750. The van der Waals surface area contributed by atoms with Crippen molar-refractivity contribution in [3.05, 3.63) is 12.2 Å². The van der Waals surface area contributed by atoms with Gasteiger partial charge in [0.1, 0.15) is 6.17 Å². The van der Waals surface area contributed by atoms with Gasteiger partial charge in [0, 0.05) is 13.5 Å². The smallest absolute Gasteiger partial charge is 0.107 e. The van der Waals surface area contributed by atoms with Gasteiger partial charge >= 0.3 is 0 Å². The van der Waals surface area contributed by atoms with Gasteiger partial charge < -0.3 is 4.74 Å². The summed E-state index contributed by atoms with van der Waals surface area (Å²) in [7, 11) is 1.61. The van der Waals surface area contributed by atoms with Gasteiger partial charge in [-0.25, -0.2) is 4.39 Å². The average molecular weight is 144 g/mol. The molecule has 0 saturated heterocycles. The molecule has 0 amide bonds. The van der Waals surface area contributed by atoms with E-state index in [1.807, 2.05) is 19.1 Å². The van der Waals surface area contributed by atoms with Gasteiger partial charge in [-0.1, -0.05) is 12.2 Å². The Morgan fingerprint density at radius 2 is 2.40 bits per heavy atom. The Hall–Kier alpha value is -0.370. The van der Waals surface area contributed by atoms with Gasteiger partial charge in [-0.05, 0) is 13.3 Å². The molecule has 0 spiro atoms. The standard InChI is InChI=1S/C8H13FO/c1-8(10-2)5-3-4-7(9)6-8/h3,5,7H,4,6H2,1-2H3. The largest absolute Gasteiger partial charge is 0.374 e. The Morgan fingerprint density at radius 3 is 2.80 bits per heavy atom. The van der Waals surface area contributed by atoms with Crippen LogP contribution in [0.4, 0.5) is 4.39 Å². The number of hydrogen-bond donors (Lipinski definition) is 0. The molecule has 0 N–H and O–H groups in total. The lowest BCUT2D eigenvalue weighted by molar-refractivity contribution is 0.0158. The quantitative estimate of drug-likeness (QED) is 0.512. The molecular weight excluding hydrogens is 131 g/mol. The van der Waals surface area contributed by atoms with Crippen molar-refractivity contribution in [2.45, 2.75) is 31.5 Å². The fourth-order valence-corrected chi connectivity index (χ4v) is 1.21. The lowest BCUT2D eigenvalue weighted by Crippen LogP contribution is -2.31. The molecular formula is C8H13FO. The molecule has 1 rings (SSSR count). The normalized spacial score (nSPS) is 40.1. The molecule has 2 heteroatoms. The van der Waals surface area contributed by atoms with Crippen LogP contribution in [-0.2, 0) is 4.74 Å². The molecule has 0 aromatic heterocycles. The van der Waals surface area contributed by atoms with Crippen LogP contribution in [0.5, 0.6) is 0 Å². The maximum atomic E-state index is 12.7. The van der Waals surface area contributed by atoms with Gasteiger partial charge in [0.2, 0.25) is 0 Å². The molecule has 0 radical (unpaired) electrons. The zero-order valence-electron chi connectivity index (χ0n) is 6.43. The second-order valence-corrected chi connectivity index (χ2v) is 2.96. The highest BCUT2D eigenvalue weighted by atomic mass is 19.1. The van der Waals surface area contributed by atoms with E-state index in [1.165, 1.54) is 0 Å². The zero-order valence-corrected chi connectivity index (χ0v) is 6.43. The van der Waals surface area contributed by atoms with E-state index < -0.39 is 6.17 Å². The lowest BCUT2D eigenvalue weighted by Gasteiger charge is -2.28. The summed E-state index contributed by atoms with van der Waals surface area (Å²) < 4.78 is 17.9. The highest BCUT2D eigenvalue weighted by Gasteiger charge is 2.27. The molecule has 2 atom stereocenters. The van der Waals surface area contributed by atoms with Crippen LogP contribution in [0.15, 0.2) is 12.2 Å². The second-order valence-electron chi connectivity index (χ2n) is 2.96. The van der Waals surface area contributed by atoms with Gasteiger partial charge in [0.15, 0.2) is 0 Å². The molecule has 0 aromatic rings. The Bertz CT molecular complexity index is 144. The summed E-state index contributed by atoms with van der Waals surface area (Å²) in [6.07, 6.45) is 4.08. The molecule has 2 unspecified atom stereocenters. The van der Waals surface area contributed by atoms with Gasteiger partial charge in [0.25, 0.3) is 0 Å². The first-order chi connectivity index (χ1) is 4.66. The SMILES string of the molecule is COC1(C)C=CCC(F)C1. The van der Waals surface area contributed by atoms with Crippen molar-refractivity contribution >= 4 is 0 Å². The Balaban J connectivity index is 2.61. The van der Waals surface area contributed by atoms with E-state index in [1.54, 1.807) is 7.11 Å². The second kappa shape index (κ2) is 2.70. The minimum atomic E-state index is -0.727. The highest BCUT2D eigenvalue weighted by Crippen LogP contribution is 2.26. The topological polar surface area (TPSA) is 9.23 Å². The van der Waals surface area contributed by atoms with E-state index in [0.29, 0.717) is 12.8 Å². The van der Waals surface area contributed by atoms with Crippen LogP contribution in [0.3, 0.4) is 0 Å². The van der Waals surface area contributed by atoms with Crippen LogP contribution in [0.2, 0.25) is 0 Å². The predicted molar refractivity (Wildman–Crippen MR) is 38.7 cm³/mol. The Morgan fingerprint density at radius 1 is 1.70 bits per heavy atom. The molecule has 1 nitrogen and oxygen atoms in total. The molecule has 0 bridgehead atoms. The molecule has 0 aromatic carbocycles. The molecule has 10 heavy (non-hydrogen) atoms. The van der Waals surface area contributed by atoms with Crippen LogP contribution in [0.25, 0.3) is 0 Å². The number of ether oxygens (including phenoxy) is 1. The maximum absolute atomic E-state index is 12.7. The summed E-state index contributed by atoms with van der Waals surface area (Å²) in [5.74, 6) is 0. The summed E-state index contributed by atoms with van der Waals surface area (Å²) in [5.41, 5.74) is -0.363. The Labute approximate surface area is 60.9 Å². The predicted octanol–water partition coefficient (Wildman–Crippen LogP) is 2.08. The van der Waals surface area contributed by atoms with Gasteiger partial charge in [-0.15, -0.1) is 0 Å². The molecule has 0 fully saturated rings. The number of hydrogen-bond acceptors (Lipinski definition) is 1. The van der Waals surface area contributed by atoms with E-state index in [4.69, 9.17) is 4.74 Å². The van der Waals surface area contributed by atoms with Crippen molar-refractivity contribution in [1.29, 1.82) is 0 Å². The first-order valence-electron chi connectivity index (χ1n) is 3.53.